The number of hydrazine groups is 1. The van der Waals surface area contributed by atoms with Gasteiger partial charge in [0, 0.05) is 57.1 Å². The SMILES string of the molecule is NN1CCC(CCN2CCN(c3ccc(NC4CCC(=O)NC4=O)cc3)CC2)CC1. The fraction of sp³-hybridized carbons (Fsp3) is 0.636. The number of anilines is 2. The van der Waals surface area contributed by atoms with Gasteiger partial charge < -0.3 is 10.2 Å². The van der Waals surface area contributed by atoms with Crippen LogP contribution < -0.4 is 21.4 Å². The summed E-state index contributed by atoms with van der Waals surface area (Å²) in [6.07, 6.45) is 4.68. The summed E-state index contributed by atoms with van der Waals surface area (Å²) in [6, 6.07) is 7.94. The summed E-state index contributed by atoms with van der Waals surface area (Å²) in [4.78, 5) is 28.2. The summed E-state index contributed by atoms with van der Waals surface area (Å²) in [5.74, 6) is 6.26. The monoisotopic (exact) mass is 414 g/mol. The van der Waals surface area contributed by atoms with E-state index >= 15 is 0 Å². The lowest BCUT2D eigenvalue weighted by molar-refractivity contribution is -0.133. The lowest BCUT2D eigenvalue weighted by Gasteiger charge is -2.37. The van der Waals surface area contributed by atoms with Gasteiger partial charge in [0.1, 0.15) is 6.04 Å². The Bertz CT molecular complexity index is 724. The third kappa shape index (κ3) is 5.50. The molecule has 8 heteroatoms. The number of amides is 2. The smallest absolute Gasteiger partial charge is 0.249 e. The molecule has 0 saturated carbocycles. The van der Waals surface area contributed by atoms with Crippen molar-refractivity contribution in [1.82, 2.24) is 15.2 Å². The van der Waals surface area contributed by atoms with E-state index in [1.807, 2.05) is 17.1 Å². The molecule has 30 heavy (non-hydrogen) atoms. The molecule has 2 amide bonds. The number of hydrogen-bond donors (Lipinski definition) is 3. The average molecular weight is 415 g/mol. The van der Waals surface area contributed by atoms with Gasteiger partial charge >= 0.3 is 0 Å². The number of imide groups is 1. The fourth-order valence-corrected chi connectivity index (χ4v) is 4.64. The second kappa shape index (κ2) is 9.76. The summed E-state index contributed by atoms with van der Waals surface area (Å²) < 4.78 is 0. The molecule has 1 unspecified atom stereocenters. The van der Waals surface area contributed by atoms with Crippen LogP contribution in [0.4, 0.5) is 11.4 Å². The van der Waals surface area contributed by atoms with E-state index in [2.05, 4.69) is 32.6 Å². The van der Waals surface area contributed by atoms with E-state index in [1.54, 1.807) is 0 Å². The third-order valence-corrected chi connectivity index (χ3v) is 6.69. The van der Waals surface area contributed by atoms with E-state index < -0.39 is 0 Å². The Kier molecular flexibility index (Phi) is 6.86. The van der Waals surface area contributed by atoms with Crippen LogP contribution in [-0.4, -0.2) is 73.6 Å². The number of hydrogen-bond acceptors (Lipinski definition) is 7. The first-order chi connectivity index (χ1) is 14.6. The summed E-state index contributed by atoms with van der Waals surface area (Å²) >= 11 is 0. The van der Waals surface area contributed by atoms with Crippen molar-refractivity contribution in [3.8, 4) is 0 Å². The highest BCUT2D eigenvalue weighted by Gasteiger charge is 2.26. The van der Waals surface area contributed by atoms with Gasteiger partial charge in [-0.25, -0.2) is 5.01 Å². The molecule has 3 aliphatic rings. The van der Waals surface area contributed by atoms with Crippen molar-refractivity contribution < 1.29 is 9.59 Å². The molecular weight excluding hydrogens is 380 g/mol. The number of nitrogens with two attached hydrogens (primary N) is 1. The molecule has 0 aromatic heterocycles. The normalized spacial score (nSPS) is 24.7. The van der Waals surface area contributed by atoms with E-state index in [4.69, 9.17) is 5.84 Å². The Labute approximate surface area is 178 Å². The van der Waals surface area contributed by atoms with Crippen LogP contribution in [0, 0.1) is 5.92 Å². The Balaban J connectivity index is 1.20. The molecule has 3 aliphatic heterocycles. The molecule has 3 saturated heterocycles. The van der Waals surface area contributed by atoms with Crippen LogP contribution in [0.3, 0.4) is 0 Å². The maximum Gasteiger partial charge on any atom is 0.249 e. The van der Waals surface area contributed by atoms with Gasteiger partial charge in [0.15, 0.2) is 0 Å². The van der Waals surface area contributed by atoms with E-state index in [1.165, 1.54) is 31.5 Å². The predicted octanol–water partition coefficient (Wildman–Crippen LogP) is 1.00. The maximum absolute atomic E-state index is 11.9. The molecule has 0 bridgehead atoms. The van der Waals surface area contributed by atoms with E-state index in [0.717, 1.165) is 50.9 Å². The minimum absolute atomic E-state index is 0.187. The second-order valence-electron chi connectivity index (χ2n) is 8.79. The van der Waals surface area contributed by atoms with Crippen LogP contribution in [0.5, 0.6) is 0 Å². The molecule has 0 radical (unpaired) electrons. The molecule has 3 heterocycles. The van der Waals surface area contributed by atoms with Crippen LogP contribution in [-0.2, 0) is 9.59 Å². The lowest BCUT2D eigenvalue weighted by atomic mass is 9.94. The number of benzene rings is 1. The number of nitrogens with one attached hydrogen (secondary N) is 2. The van der Waals surface area contributed by atoms with Crippen molar-refractivity contribution in [2.24, 2.45) is 11.8 Å². The molecule has 0 spiro atoms. The summed E-state index contributed by atoms with van der Waals surface area (Å²) in [5.41, 5.74) is 2.13. The van der Waals surface area contributed by atoms with Gasteiger partial charge in [-0.05, 0) is 62.4 Å². The molecule has 0 aliphatic carbocycles. The zero-order chi connectivity index (χ0) is 20.9. The summed E-state index contributed by atoms with van der Waals surface area (Å²) in [6.45, 7) is 7.55. The first-order valence-corrected chi connectivity index (χ1v) is 11.2. The Morgan fingerprint density at radius 2 is 1.67 bits per heavy atom. The van der Waals surface area contributed by atoms with Crippen molar-refractivity contribution in [3.63, 3.8) is 0 Å². The predicted molar refractivity (Wildman–Crippen MR) is 118 cm³/mol. The van der Waals surface area contributed by atoms with Crippen LogP contribution in [0.15, 0.2) is 24.3 Å². The fourth-order valence-electron chi connectivity index (χ4n) is 4.64. The van der Waals surface area contributed by atoms with Crippen molar-refractivity contribution in [3.05, 3.63) is 24.3 Å². The molecule has 1 atom stereocenters. The van der Waals surface area contributed by atoms with Gasteiger partial charge in [0.05, 0.1) is 0 Å². The number of nitrogens with zero attached hydrogens (tertiary/aromatic N) is 3. The highest BCUT2D eigenvalue weighted by Crippen LogP contribution is 2.23. The number of carbonyl (C=O) groups is 2. The Morgan fingerprint density at radius 1 is 0.967 bits per heavy atom. The third-order valence-electron chi connectivity index (χ3n) is 6.69. The van der Waals surface area contributed by atoms with Crippen molar-refractivity contribution in [2.75, 3.05) is 56.0 Å². The molecule has 4 rings (SSSR count). The van der Waals surface area contributed by atoms with Gasteiger partial charge in [-0.15, -0.1) is 0 Å². The Hall–Kier alpha value is -2.16. The molecule has 1 aromatic rings. The van der Waals surface area contributed by atoms with Gasteiger partial charge in [-0.1, -0.05) is 0 Å². The van der Waals surface area contributed by atoms with Crippen LogP contribution >= 0.6 is 0 Å². The van der Waals surface area contributed by atoms with Crippen molar-refractivity contribution in [1.29, 1.82) is 0 Å². The quantitative estimate of drug-likeness (QED) is 0.472. The van der Waals surface area contributed by atoms with Crippen molar-refractivity contribution in [2.45, 2.75) is 38.1 Å². The summed E-state index contributed by atoms with van der Waals surface area (Å²) in [7, 11) is 0. The average Bonchev–Trinajstić information content (AvgIpc) is 2.76. The molecule has 3 fully saturated rings. The lowest BCUT2D eigenvalue weighted by Crippen LogP contribution is -2.47. The number of rotatable bonds is 6. The van der Waals surface area contributed by atoms with Gasteiger partial charge in [-0.3, -0.25) is 25.6 Å². The maximum atomic E-state index is 11.9. The van der Waals surface area contributed by atoms with Crippen LogP contribution in [0.2, 0.25) is 0 Å². The van der Waals surface area contributed by atoms with E-state index in [9.17, 15) is 9.59 Å². The highest BCUT2D eigenvalue weighted by molar-refractivity contribution is 6.01. The van der Waals surface area contributed by atoms with E-state index in [-0.39, 0.29) is 17.9 Å². The van der Waals surface area contributed by atoms with Gasteiger partial charge in [0.25, 0.3) is 0 Å². The Morgan fingerprint density at radius 3 is 2.33 bits per heavy atom. The largest absolute Gasteiger partial charge is 0.374 e. The molecule has 164 valence electrons. The molecule has 8 nitrogen and oxygen atoms in total. The minimum Gasteiger partial charge on any atom is -0.374 e. The van der Waals surface area contributed by atoms with Gasteiger partial charge in [-0.2, -0.15) is 0 Å². The molecule has 1 aromatic carbocycles. The first kappa shape index (κ1) is 21.1. The highest BCUT2D eigenvalue weighted by atomic mass is 16.2. The number of piperazine rings is 1. The summed E-state index contributed by atoms with van der Waals surface area (Å²) in [5, 5.41) is 7.57. The zero-order valence-electron chi connectivity index (χ0n) is 17.7. The molecule has 4 N–H and O–H groups in total. The number of carbonyl (C=O) groups excluding carboxylic acids is 2. The van der Waals surface area contributed by atoms with Crippen LogP contribution in [0.1, 0.15) is 32.1 Å². The topological polar surface area (TPSA) is 93.9 Å². The minimum atomic E-state index is -0.339. The van der Waals surface area contributed by atoms with Crippen LogP contribution in [0.25, 0.3) is 0 Å². The standard InChI is InChI=1S/C22H34N6O2/c23-28-11-8-17(9-12-28)7-10-26-13-15-27(16-14-26)19-3-1-18(2-4-19)24-20-5-6-21(29)25-22(20)30/h1-4,17,20,24H,5-16,23H2,(H,25,29,30). The molecular formula is C22H34N6O2. The van der Waals surface area contributed by atoms with Gasteiger partial charge in [0.2, 0.25) is 11.8 Å². The second-order valence-corrected chi connectivity index (χ2v) is 8.79. The number of piperidine rings is 2. The van der Waals surface area contributed by atoms with Crippen molar-refractivity contribution >= 4 is 23.2 Å². The zero-order valence-corrected chi connectivity index (χ0v) is 17.7. The van der Waals surface area contributed by atoms with E-state index in [0.29, 0.717) is 12.8 Å². The first-order valence-electron chi connectivity index (χ1n) is 11.2.